The highest BCUT2D eigenvalue weighted by molar-refractivity contribution is 7.99. The second-order valence-electron chi connectivity index (χ2n) is 5.89. The quantitative estimate of drug-likeness (QED) is 0.781. The molecule has 1 heterocycles. The predicted molar refractivity (Wildman–Crippen MR) is 100 cm³/mol. The van der Waals surface area contributed by atoms with Crippen LogP contribution >= 0.6 is 23.4 Å². The first-order chi connectivity index (χ1) is 11.6. The van der Waals surface area contributed by atoms with Crippen molar-refractivity contribution in [3.8, 4) is 17.6 Å². The molecule has 0 atom stereocenters. The molecule has 0 spiro atoms. The highest BCUT2D eigenvalue weighted by Crippen LogP contribution is 2.30. The Kier molecular flexibility index (Phi) is 5.68. The van der Waals surface area contributed by atoms with E-state index >= 15 is 0 Å². The Labute approximate surface area is 152 Å². The number of halogens is 1. The van der Waals surface area contributed by atoms with Crippen LogP contribution in [0.25, 0.3) is 0 Å². The molecular weight excluding hydrogens is 340 g/mol. The van der Waals surface area contributed by atoms with Crippen molar-refractivity contribution in [2.45, 2.75) is 13.5 Å². The first-order valence-corrected chi connectivity index (χ1v) is 9.45. The van der Waals surface area contributed by atoms with Crippen LogP contribution < -0.4 is 4.74 Å². The largest absolute Gasteiger partial charge is 0.457 e. The molecule has 124 valence electrons. The van der Waals surface area contributed by atoms with Crippen molar-refractivity contribution in [1.29, 1.82) is 5.26 Å². The second kappa shape index (κ2) is 7.94. The average Bonchev–Trinajstić information content (AvgIpc) is 2.56. The molecule has 1 aliphatic heterocycles. The minimum absolute atomic E-state index is 0.658. The Bertz CT molecular complexity index is 746. The molecule has 1 saturated heterocycles. The topological polar surface area (TPSA) is 36.3 Å². The lowest BCUT2D eigenvalue weighted by atomic mass is 10.1. The Morgan fingerprint density at radius 1 is 1.21 bits per heavy atom. The van der Waals surface area contributed by atoms with Gasteiger partial charge in [0.1, 0.15) is 11.5 Å². The minimum Gasteiger partial charge on any atom is -0.457 e. The lowest BCUT2D eigenvalue weighted by Gasteiger charge is -2.27. The van der Waals surface area contributed by atoms with Gasteiger partial charge in [0.2, 0.25) is 0 Å². The third kappa shape index (κ3) is 4.45. The van der Waals surface area contributed by atoms with Crippen molar-refractivity contribution in [1.82, 2.24) is 4.90 Å². The van der Waals surface area contributed by atoms with Gasteiger partial charge in [0, 0.05) is 41.7 Å². The molecule has 2 aromatic rings. The van der Waals surface area contributed by atoms with Gasteiger partial charge in [-0.05, 0) is 48.9 Å². The Hall–Kier alpha value is -1.67. The lowest BCUT2D eigenvalue weighted by molar-refractivity contribution is 0.290. The number of nitrogens with zero attached hydrogens (tertiary/aromatic N) is 2. The van der Waals surface area contributed by atoms with E-state index in [-0.39, 0.29) is 0 Å². The summed E-state index contributed by atoms with van der Waals surface area (Å²) < 4.78 is 6.09. The summed E-state index contributed by atoms with van der Waals surface area (Å²) in [6.45, 7) is 4.92. The van der Waals surface area contributed by atoms with E-state index in [1.807, 2.05) is 49.0 Å². The van der Waals surface area contributed by atoms with Crippen molar-refractivity contribution in [2.75, 3.05) is 24.6 Å². The Balaban J connectivity index is 1.86. The van der Waals surface area contributed by atoms with Crippen LogP contribution in [0.5, 0.6) is 11.5 Å². The summed E-state index contributed by atoms with van der Waals surface area (Å²) in [7, 11) is 0. The van der Waals surface area contributed by atoms with Crippen LogP contribution in [0.15, 0.2) is 36.4 Å². The van der Waals surface area contributed by atoms with E-state index in [1.54, 1.807) is 6.07 Å². The van der Waals surface area contributed by atoms with E-state index in [1.165, 1.54) is 0 Å². The summed E-state index contributed by atoms with van der Waals surface area (Å²) in [5, 5.41) is 9.86. The molecule has 2 aromatic carbocycles. The molecule has 1 aliphatic rings. The first-order valence-electron chi connectivity index (χ1n) is 7.92. The first kappa shape index (κ1) is 17.2. The monoisotopic (exact) mass is 358 g/mol. The molecule has 3 nitrogen and oxygen atoms in total. The summed E-state index contributed by atoms with van der Waals surface area (Å²) in [6.07, 6.45) is 0. The number of rotatable bonds is 4. The van der Waals surface area contributed by atoms with E-state index in [9.17, 15) is 5.26 Å². The smallest absolute Gasteiger partial charge is 0.132 e. The second-order valence-corrected chi connectivity index (χ2v) is 7.55. The molecule has 5 heteroatoms. The average molecular weight is 359 g/mol. The SMILES string of the molecule is Cc1cc(Cl)cc(Oc2ccc(C#N)cc2CN2CCSCC2)c1. The van der Waals surface area contributed by atoms with Gasteiger partial charge in [-0.25, -0.2) is 0 Å². The number of aryl methyl sites for hydroxylation is 1. The van der Waals surface area contributed by atoms with E-state index < -0.39 is 0 Å². The lowest BCUT2D eigenvalue weighted by Crippen LogP contribution is -2.32. The van der Waals surface area contributed by atoms with Gasteiger partial charge in [0.15, 0.2) is 0 Å². The van der Waals surface area contributed by atoms with Crippen LogP contribution in [0.1, 0.15) is 16.7 Å². The summed E-state index contributed by atoms with van der Waals surface area (Å²) in [6, 6.07) is 13.5. The van der Waals surface area contributed by atoms with Gasteiger partial charge in [-0.1, -0.05) is 11.6 Å². The van der Waals surface area contributed by atoms with E-state index in [0.717, 1.165) is 53.8 Å². The third-order valence-electron chi connectivity index (χ3n) is 3.93. The zero-order valence-corrected chi connectivity index (χ0v) is 15.2. The summed E-state index contributed by atoms with van der Waals surface area (Å²) in [4.78, 5) is 2.41. The molecule has 24 heavy (non-hydrogen) atoms. The van der Waals surface area contributed by atoms with Gasteiger partial charge in [-0.2, -0.15) is 17.0 Å². The van der Waals surface area contributed by atoms with Gasteiger partial charge in [0.05, 0.1) is 11.6 Å². The minimum atomic E-state index is 0.658. The van der Waals surface area contributed by atoms with Crippen LogP contribution in [0.2, 0.25) is 5.02 Å². The van der Waals surface area contributed by atoms with Crippen molar-refractivity contribution < 1.29 is 4.74 Å². The molecule has 0 bridgehead atoms. The maximum Gasteiger partial charge on any atom is 0.132 e. The van der Waals surface area contributed by atoms with E-state index in [4.69, 9.17) is 16.3 Å². The molecular formula is C19H19ClN2OS. The van der Waals surface area contributed by atoms with Crippen molar-refractivity contribution in [3.05, 3.63) is 58.1 Å². The predicted octanol–water partition coefficient (Wildman–Crippen LogP) is 4.86. The molecule has 0 aliphatic carbocycles. The molecule has 1 fully saturated rings. The fraction of sp³-hybridized carbons (Fsp3) is 0.316. The van der Waals surface area contributed by atoms with Crippen molar-refractivity contribution >= 4 is 23.4 Å². The number of thioether (sulfide) groups is 1. The summed E-state index contributed by atoms with van der Waals surface area (Å²) in [5.41, 5.74) is 2.75. The maximum atomic E-state index is 9.20. The zero-order valence-electron chi connectivity index (χ0n) is 13.6. The van der Waals surface area contributed by atoms with Crippen LogP contribution in [-0.2, 0) is 6.54 Å². The third-order valence-corrected chi connectivity index (χ3v) is 5.09. The fourth-order valence-corrected chi connectivity index (χ4v) is 4.02. The summed E-state index contributed by atoms with van der Waals surface area (Å²) in [5.74, 6) is 3.82. The van der Waals surface area contributed by atoms with Crippen LogP contribution in [-0.4, -0.2) is 29.5 Å². The molecule has 0 unspecified atom stereocenters. The van der Waals surface area contributed by atoms with Gasteiger partial charge >= 0.3 is 0 Å². The normalized spacial score (nSPS) is 15.0. The van der Waals surface area contributed by atoms with Crippen LogP contribution in [0, 0.1) is 18.3 Å². The fourth-order valence-electron chi connectivity index (χ4n) is 2.76. The number of hydrogen-bond acceptors (Lipinski definition) is 4. The van der Waals surface area contributed by atoms with Crippen LogP contribution in [0.4, 0.5) is 0 Å². The Morgan fingerprint density at radius 2 is 2.00 bits per heavy atom. The number of benzene rings is 2. The van der Waals surface area contributed by atoms with Gasteiger partial charge in [-0.15, -0.1) is 0 Å². The van der Waals surface area contributed by atoms with Crippen molar-refractivity contribution in [3.63, 3.8) is 0 Å². The Morgan fingerprint density at radius 3 is 2.71 bits per heavy atom. The molecule has 0 radical (unpaired) electrons. The maximum absolute atomic E-state index is 9.20. The van der Waals surface area contributed by atoms with Gasteiger partial charge in [-0.3, -0.25) is 4.90 Å². The van der Waals surface area contributed by atoms with E-state index in [2.05, 4.69) is 11.0 Å². The molecule has 0 saturated carbocycles. The highest BCUT2D eigenvalue weighted by Gasteiger charge is 2.15. The zero-order chi connectivity index (χ0) is 16.9. The number of ether oxygens (including phenoxy) is 1. The molecule has 0 aromatic heterocycles. The molecule has 0 N–H and O–H groups in total. The number of hydrogen-bond donors (Lipinski definition) is 0. The van der Waals surface area contributed by atoms with Gasteiger partial charge in [0.25, 0.3) is 0 Å². The standard InChI is InChI=1S/C19H19ClN2OS/c1-14-8-17(20)11-18(9-14)23-19-3-2-15(12-21)10-16(19)13-22-4-6-24-7-5-22/h2-3,8-11H,4-7,13H2,1H3. The van der Waals surface area contributed by atoms with Crippen molar-refractivity contribution in [2.24, 2.45) is 0 Å². The molecule has 0 amide bonds. The summed E-state index contributed by atoms with van der Waals surface area (Å²) >= 11 is 8.11. The van der Waals surface area contributed by atoms with Crippen LogP contribution in [0.3, 0.4) is 0 Å². The van der Waals surface area contributed by atoms with Gasteiger partial charge < -0.3 is 4.74 Å². The highest BCUT2D eigenvalue weighted by atomic mass is 35.5. The van der Waals surface area contributed by atoms with E-state index in [0.29, 0.717) is 10.6 Å². The molecule has 3 rings (SSSR count). The number of nitriles is 1.